The molecule has 1 aliphatic rings. The Kier molecular flexibility index (Phi) is 4.68. The smallest absolute Gasteiger partial charge is 0.202 e. The molecule has 0 saturated carbocycles. The van der Waals surface area contributed by atoms with Crippen LogP contribution in [-0.2, 0) is 16.1 Å². The van der Waals surface area contributed by atoms with Crippen molar-refractivity contribution in [2.24, 2.45) is 4.99 Å². The number of rotatable bonds is 6. The standard InChI is InChI=1S/C14H17FN6O3S/c1-25(16,23)5-4-17-13-12(20-24-21-13)14(19-22)18-11-6-8-2-3-9(15)7-10(8)11/h2-3,7,11,16,22H,4-6H2,1H3,(H,17,21)(H,18,19)/t11-,25+/m0/s1. The number of nitrogens with zero attached hydrogens (tertiary/aromatic N) is 3. The van der Waals surface area contributed by atoms with E-state index in [1.807, 2.05) is 5.48 Å². The number of benzene rings is 1. The van der Waals surface area contributed by atoms with Crippen molar-refractivity contribution in [2.45, 2.75) is 12.5 Å². The van der Waals surface area contributed by atoms with E-state index in [1.165, 1.54) is 18.4 Å². The maximum atomic E-state index is 13.3. The Hall–Kier alpha value is -2.53. The third-order valence-corrected chi connectivity index (χ3v) is 4.75. The molecule has 2 aromatic rings. The monoisotopic (exact) mass is 368 g/mol. The largest absolute Gasteiger partial charge is 0.364 e. The van der Waals surface area contributed by atoms with E-state index >= 15 is 0 Å². The first-order chi connectivity index (χ1) is 11.9. The first-order valence-electron chi connectivity index (χ1n) is 7.42. The van der Waals surface area contributed by atoms with Crippen LogP contribution in [0, 0.1) is 10.6 Å². The summed E-state index contributed by atoms with van der Waals surface area (Å²) in [7, 11) is -2.64. The van der Waals surface area contributed by atoms with Crippen LogP contribution in [0.25, 0.3) is 0 Å². The molecule has 0 unspecified atom stereocenters. The third kappa shape index (κ3) is 3.94. The van der Waals surface area contributed by atoms with Crippen LogP contribution >= 0.6 is 0 Å². The number of fused-ring (bicyclic) bond motifs is 1. The lowest BCUT2D eigenvalue weighted by atomic mass is 9.83. The molecule has 11 heteroatoms. The zero-order chi connectivity index (χ0) is 18.0. The van der Waals surface area contributed by atoms with Crippen molar-refractivity contribution < 1.29 is 18.4 Å². The molecule has 2 atom stereocenters. The van der Waals surface area contributed by atoms with Crippen LogP contribution < -0.4 is 10.8 Å². The zero-order valence-corrected chi connectivity index (χ0v) is 14.1. The van der Waals surface area contributed by atoms with Gasteiger partial charge in [0, 0.05) is 28.3 Å². The van der Waals surface area contributed by atoms with Crippen molar-refractivity contribution in [1.29, 1.82) is 4.78 Å². The van der Waals surface area contributed by atoms with Crippen molar-refractivity contribution in [1.82, 2.24) is 15.8 Å². The molecule has 9 nitrogen and oxygen atoms in total. The van der Waals surface area contributed by atoms with Crippen LogP contribution in [0.2, 0.25) is 0 Å². The molecule has 1 aromatic heterocycles. The number of hydrogen-bond acceptors (Lipinski definition) is 8. The molecule has 134 valence electrons. The lowest BCUT2D eigenvalue weighted by Gasteiger charge is -2.27. The van der Waals surface area contributed by atoms with Crippen molar-refractivity contribution in [3.8, 4) is 0 Å². The van der Waals surface area contributed by atoms with E-state index in [1.54, 1.807) is 6.07 Å². The van der Waals surface area contributed by atoms with Gasteiger partial charge in [0.25, 0.3) is 0 Å². The Balaban J connectivity index is 1.77. The number of hydroxylamine groups is 1. The third-order valence-electron chi connectivity index (χ3n) is 3.77. The van der Waals surface area contributed by atoms with Crippen LogP contribution in [-0.4, -0.2) is 44.1 Å². The normalized spacial score (nSPS) is 18.8. The second-order valence-corrected chi connectivity index (χ2v) is 8.17. The summed E-state index contributed by atoms with van der Waals surface area (Å²) in [5.41, 5.74) is 3.84. The Morgan fingerprint density at radius 1 is 1.56 bits per heavy atom. The van der Waals surface area contributed by atoms with E-state index < -0.39 is 9.73 Å². The summed E-state index contributed by atoms with van der Waals surface area (Å²) in [6.07, 6.45) is 1.96. The molecule has 0 fully saturated rings. The van der Waals surface area contributed by atoms with E-state index in [2.05, 4.69) is 25.3 Å². The molecule has 1 heterocycles. The molecule has 0 amide bonds. The maximum absolute atomic E-state index is 13.3. The van der Waals surface area contributed by atoms with Gasteiger partial charge in [-0.2, -0.15) is 0 Å². The molecule has 0 aliphatic heterocycles. The molecular formula is C14H17FN6O3S. The van der Waals surface area contributed by atoms with Gasteiger partial charge in [-0.25, -0.2) is 9.02 Å². The summed E-state index contributed by atoms with van der Waals surface area (Å²) < 4.78 is 36.8. The molecule has 0 spiro atoms. The van der Waals surface area contributed by atoms with E-state index in [-0.39, 0.29) is 41.5 Å². The molecule has 0 radical (unpaired) electrons. The number of aromatic nitrogens is 2. The molecule has 1 aliphatic carbocycles. The highest BCUT2D eigenvalue weighted by Gasteiger charge is 2.28. The van der Waals surface area contributed by atoms with Crippen molar-refractivity contribution in [3.05, 3.63) is 40.8 Å². The first kappa shape index (κ1) is 17.3. The van der Waals surface area contributed by atoms with E-state index in [0.29, 0.717) is 6.42 Å². The summed E-state index contributed by atoms with van der Waals surface area (Å²) in [6, 6.07) is 4.20. The number of aliphatic imine (C=N–C) groups is 1. The molecular weight excluding hydrogens is 351 g/mol. The number of hydrogen-bond donors (Lipinski definition) is 4. The quantitative estimate of drug-likeness (QED) is 0.343. The molecule has 25 heavy (non-hydrogen) atoms. The summed E-state index contributed by atoms with van der Waals surface area (Å²) in [4.78, 5) is 4.34. The van der Waals surface area contributed by atoms with E-state index in [0.717, 1.165) is 11.1 Å². The average molecular weight is 368 g/mol. The fourth-order valence-electron chi connectivity index (χ4n) is 2.49. The zero-order valence-electron chi connectivity index (χ0n) is 13.3. The highest BCUT2D eigenvalue weighted by atomic mass is 32.2. The van der Waals surface area contributed by atoms with Gasteiger partial charge in [0.2, 0.25) is 5.82 Å². The van der Waals surface area contributed by atoms with Crippen molar-refractivity contribution >= 4 is 21.4 Å². The minimum Gasteiger partial charge on any atom is -0.364 e. The fraction of sp³-hybridized carbons (Fsp3) is 0.357. The molecule has 4 N–H and O–H groups in total. The summed E-state index contributed by atoms with van der Waals surface area (Å²) in [5.74, 6) is -0.0103. The van der Waals surface area contributed by atoms with Gasteiger partial charge in [-0.15, -0.1) is 0 Å². The Labute approximate surface area is 143 Å². The molecule has 3 rings (SSSR count). The molecule has 0 saturated heterocycles. The lowest BCUT2D eigenvalue weighted by molar-refractivity contribution is 0.232. The van der Waals surface area contributed by atoms with Gasteiger partial charge < -0.3 is 5.32 Å². The second kappa shape index (κ2) is 6.76. The predicted octanol–water partition coefficient (Wildman–Crippen LogP) is 1.32. The minimum atomic E-state index is -2.64. The van der Waals surface area contributed by atoms with Gasteiger partial charge in [0.15, 0.2) is 11.5 Å². The Morgan fingerprint density at radius 3 is 3.08 bits per heavy atom. The van der Waals surface area contributed by atoms with Crippen LogP contribution in [0.15, 0.2) is 27.8 Å². The summed E-state index contributed by atoms with van der Waals surface area (Å²) in [5, 5.41) is 19.6. The topological polar surface area (TPSA) is 136 Å². The highest BCUT2D eigenvalue weighted by Crippen LogP contribution is 2.36. The second-order valence-electron chi connectivity index (χ2n) is 5.75. The average Bonchev–Trinajstić information content (AvgIpc) is 2.98. The van der Waals surface area contributed by atoms with Gasteiger partial charge >= 0.3 is 0 Å². The van der Waals surface area contributed by atoms with Crippen LogP contribution in [0.4, 0.5) is 10.2 Å². The van der Waals surface area contributed by atoms with Gasteiger partial charge in [-0.3, -0.25) is 24.7 Å². The minimum absolute atomic E-state index is 0.0202. The van der Waals surface area contributed by atoms with Crippen molar-refractivity contribution in [3.63, 3.8) is 0 Å². The SMILES string of the molecule is C[S@@](=N)(=O)CCNc1nonc1C(=N[C@H]1Cc2ccc(F)cc21)NO. The highest BCUT2D eigenvalue weighted by molar-refractivity contribution is 7.91. The maximum Gasteiger partial charge on any atom is 0.202 e. The van der Waals surface area contributed by atoms with Crippen LogP contribution in [0.3, 0.4) is 0 Å². The number of anilines is 1. The van der Waals surface area contributed by atoms with Crippen LogP contribution in [0.1, 0.15) is 22.9 Å². The van der Waals surface area contributed by atoms with Gasteiger partial charge in [0.05, 0.1) is 6.04 Å². The van der Waals surface area contributed by atoms with E-state index in [9.17, 15) is 13.8 Å². The van der Waals surface area contributed by atoms with Gasteiger partial charge in [-0.1, -0.05) is 6.07 Å². The number of halogens is 1. The van der Waals surface area contributed by atoms with E-state index in [4.69, 9.17) is 4.78 Å². The summed E-state index contributed by atoms with van der Waals surface area (Å²) >= 11 is 0. The van der Waals surface area contributed by atoms with Gasteiger partial charge in [0.1, 0.15) is 5.82 Å². The lowest BCUT2D eigenvalue weighted by Crippen LogP contribution is -2.26. The fourth-order valence-corrected chi connectivity index (χ4v) is 2.98. The molecule has 1 aromatic carbocycles. The number of amidine groups is 1. The summed E-state index contributed by atoms with van der Waals surface area (Å²) in [6.45, 7) is 0.218. The van der Waals surface area contributed by atoms with Gasteiger partial charge in [-0.05, 0) is 40.0 Å². The Bertz CT molecular complexity index is 911. The van der Waals surface area contributed by atoms with Crippen molar-refractivity contribution in [2.75, 3.05) is 23.9 Å². The first-order valence-corrected chi connectivity index (χ1v) is 9.55. The molecule has 0 bridgehead atoms. The Morgan fingerprint density at radius 2 is 2.36 bits per heavy atom. The number of nitrogens with one attached hydrogen (secondary N) is 3. The van der Waals surface area contributed by atoms with Crippen LogP contribution in [0.5, 0.6) is 0 Å². The predicted molar refractivity (Wildman–Crippen MR) is 88.7 cm³/mol.